The van der Waals surface area contributed by atoms with Crippen LogP contribution in [0.4, 0.5) is 9.18 Å². The molecule has 26 heavy (non-hydrogen) atoms. The molecule has 2 aromatic rings. The average Bonchev–Trinajstić information content (AvgIpc) is 2.64. The van der Waals surface area contributed by atoms with Crippen LogP contribution in [-0.4, -0.2) is 41.8 Å². The first-order chi connectivity index (χ1) is 12.5. The molecular weight excluding hydrogens is 365 g/mol. The van der Waals surface area contributed by atoms with Crippen LogP contribution in [-0.2, 0) is 9.63 Å². The molecule has 0 aliphatic heterocycles. The maximum Gasteiger partial charge on any atom is 0.321 e. The normalized spacial score (nSPS) is 10.8. The monoisotopic (exact) mass is 379 g/mol. The number of nitrogens with zero attached hydrogens (tertiary/aromatic N) is 2. The molecule has 0 spiro atoms. The Labute approximate surface area is 152 Å². The number of rotatable bonds is 5. The zero-order valence-electron chi connectivity index (χ0n) is 13.7. The van der Waals surface area contributed by atoms with Crippen molar-refractivity contribution in [1.82, 2.24) is 20.6 Å². The van der Waals surface area contributed by atoms with Crippen molar-refractivity contribution in [2.24, 2.45) is 5.16 Å². The second kappa shape index (κ2) is 8.67. The van der Waals surface area contributed by atoms with E-state index in [0.29, 0.717) is 0 Å². The number of carbonyl (C=O) groups is 2. The minimum absolute atomic E-state index is 0.0751. The number of aromatic amines is 1. The number of benzene rings is 1. The van der Waals surface area contributed by atoms with Gasteiger partial charge in [0.05, 0.1) is 11.9 Å². The average molecular weight is 379 g/mol. The number of imide groups is 1. The van der Waals surface area contributed by atoms with Crippen molar-refractivity contribution in [3.05, 3.63) is 46.6 Å². The molecule has 0 saturated heterocycles. The van der Waals surface area contributed by atoms with Crippen LogP contribution in [0.15, 0.2) is 35.7 Å². The van der Waals surface area contributed by atoms with Gasteiger partial charge in [-0.05, 0) is 12.1 Å². The molecule has 1 aromatic carbocycles. The number of aromatic nitrogens is 2. The number of hydrogen-bond donors (Lipinski definition) is 3. The molecule has 1 aromatic heterocycles. The summed E-state index contributed by atoms with van der Waals surface area (Å²) in [5.74, 6) is -1.92. The molecular formula is C15H14FN5O4S. The number of carbonyl (C=O) groups excluding carboxylic acids is 2. The third kappa shape index (κ3) is 4.39. The van der Waals surface area contributed by atoms with E-state index in [0.717, 1.165) is 0 Å². The van der Waals surface area contributed by atoms with E-state index in [1.165, 1.54) is 32.6 Å². The van der Waals surface area contributed by atoms with Crippen molar-refractivity contribution in [3.63, 3.8) is 0 Å². The van der Waals surface area contributed by atoms with Gasteiger partial charge in [0.15, 0.2) is 10.4 Å². The SMILES string of the molecule is CNC(=O)NC(=O)/C(=N/OC)c1ccccc1Oc1[nH]cnc(=S)c1F. The van der Waals surface area contributed by atoms with Gasteiger partial charge in [-0.25, -0.2) is 9.78 Å². The maximum absolute atomic E-state index is 14.0. The number of para-hydroxylation sites is 1. The predicted octanol–water partition coefficient (Wildman–Crippen LogP) is 1.88. The van der Waals surface area contributed by atoms with Crippen molar-refractivity contribution in [2.75, 3.05) is 14.2 Å². The van der Waals surface area contributed by atoms with Crippen LogP contribution in [0.5, 0.6) is 11.6 Å². The Morgan fingerprint density at radius 3 is 2.77 bits per heavy atom. The number of hydrogen-bond acceptors (Lipinski definition) is 7. The summed E-state index contributed by atoms with van der Waals surface area (Å²) in [6.07, 6.45) is 1.17. The Balaban J connectivity index is 2.44. The van der Waals surface area contributed by atoms with E-state index in [4.69, 9.17) is 17.0 Å². The highest BCUT2D eigenvalue weighted by Gasteiger charge is 2.22. The topological polar surface area (TPSA) is 118 Å². The number of oxime groups is 1. The van der Waals surface area contributed by atoms with E-state index in [9.17, 15) is 14.0 Å². The molecule has 0 bridgehead atoms. The highest BCUT2D eigenvalue weighted by atomic mass is 32.1. The Morgan fingerprint density at radius 2 is 2.08 bits per heavy atom. The summed E-state index contributed by atoms with van der Waals surface area (Å²) in [5, 5.41) is 7.93. The van der Waals surface area contributed by atoms with Crippen molar-refractivity contribution < 1.29 is 23.6 Å². The van der Waals surface area contributed by atoms with Crippen molar-refractivity contribution in [2.45, 2.75) is 0 Å². The Morgan fingerprint density at radius 1 is 1.35 bits per heavy atom. The van der Waals surface area contributed by atoms with Gasteiger partial charge in [-0.3, -0.25) is 10.1 Å². The molecule has 2 rings (SSSR count). The molecule has 0 aliphatic carbocycles. The lowest BCUT2D eigenvalue weighted by atomic mass is 10.1. The maximum atomic E-state index is 14.0. The number of urea groups is 1. The van der Waals surface area contributed by atoms with E-state index in [-0.39, 0.29) is 27.5 Å². The Hall–Kier alpha value is -3.34. The lowest BCUT2D eigenvalue weighted by Gasteiger charge is -2.12. The van der Waals surface area contributed by atoms with E-state index in [1.54, 1.807) is 12.1 Å². The minimum atomic E-state index is -0.864. The number of nitrogens with one attached hydrogen (secondary N) is 3. The third-order valence-electron chi connectivity index (χ3n) is 2.97. The van der Waals surface area contributed by atoms with Crippen LogP contribution in [0.1, 0.15) is 5.56 Å². The van der Waals surface area contributed by atoms with E-state index >= 15 is 0 Å². The van der Waals surface area contributed by atoms with Gasteiger partial charge in [-0.15, -0.1) is 0 Å². The fourth-order valence-electron chi connectivity index (χ4n) is 1.83. The van der Waals surface area contributed by atoms with Gasteiger partial charge in [0.25, 0.3) is 5.91 Å². The highest BCUT2D eigenvalue weighted by molar-refractivity contribution is 7.71. The van der Waals surface area contributed by atoms with Crippen LogP contribution < -0.4 is 15.4 Å². The summed E-state index contributed by atoms with van der Waals surface area (Å²) in [5.41, 5.74) is -0.0916. The summed E-state index contributed by atoms with van der Waals surface area (Å²) in [7, 11) is 2.58. The van der Waals surface area contributed by atoms with E-state index in [1.807, 2.05) is 0 Å². The van der Waals surface area contributed by atoms with Gasteiger partial charge in [0.2, 0.25) is 11.7 Å². The molecule has 3 N–H and O–H groups in total. The molecule has 136 valence electrons. The minimum Gasteiger partial charge on any atom is -0.437 e. The van der Waals surface area contributed by atoms with Gasteiger partial charge in [0.1, 0.15) is 12.9 Å². The zero-order valence-corrected chi connectivity index (χ0v) is 14.5. The number of H-pyrrole nitrogens is 1. The molecule has 0 fully saturated rings. The summed E-state index contributed by atoms with van der Waals surface area (Å²) in [6.45, 7) is 0. The molecule has 0 unspecified atom stereocenters. The number of amides is 3. The number of halogens is 1. The first-order valence-corrected chi connectivity index (χ1v) is 7.53. The summed E-state index contributed by atoms with van der Waals surface area (Å²) < 4.78 is 19.2. The molecule has 9 nitrogen and oxygen atoms in total. The Bertz CT molecular complexity index is 915. The van der Waals surface area contributed by atoms with Crippen molar-refractivity contribution in [1.29, 1.82) is 0 Å². The van der Waals surface area contributed by atoms with Gasteiger partial charge >= 0.3 is 6.03 Å². The summed E-state index contributed by atoms with van der Waals surface area (Å²) >= 11 is 4.75. The van der Waals surface area contributed by atoms with E-state index in [2.05, 4.69) is 30.6 Å². The fraction of sp³-hybridized carbons (Fsp3) is 0.133. The predicted molar refractivity (Wildman–Crippen MR) is 92.0 cm³/mol. The van der Waals surface area contributed by atoms with Gasteiger partial charge in [-0.2, -0.15) is 4.39 Å². The van der Waals surface area contributed by atoms with Crippen LogP contribution in [0.2, 0.25) is 0 Å². The third-order valence-corrected chi connectivity index (χ3v) is 3.26. The molecule has 0 radical (unpaired) electrons. The molecule has 3 amide bonds. The standard InChI is InChI=1S/C15H14FN5O4S/c1-17-15(23)20-12(22)11(21-24-2)8-5-3-4-6-9(8)25-13-10(16)14(26)19-7-18-13/h3-7H,1-2H3,(H,18,19,26)(H2,17,20,22,23)/b21-11+. The summed E-state index contributed by atoms with van der Waals surface area (Å²) in [6, 6.07) is 5.44. The molecule has 1 heterocycles. The second-order valence-electron chi connectivity index (χ2n) is 4.60. The second-order valence-corrected chi connectivity index (χ2v) is 4.99. The Kier molecular flexibility index (Phi) is 6.33. The van der Waals surface area contributed by atoms with Crippen molar-refractivity contribution in [3.8, 4) is 11.6 Å². The fourth-order valence-corrected chi connectivity index (χ4v) is 1.98. The molecule has 11 heteroatoms. The first-order valence-electron chi connectivity index (χ1n) is 7.12. The van der Waals surface area contributed by atoms with Crippen LogP contribution in [0.3, 0.4) is 0 Å². The smallest absolute Gasteiger partial charge is 0.321 e. The molecule has 0 aliphatic rings. The number of ether oxygens (including phenoxy) is 1. The van der Waals surface area contributed by atoms with Gasteiger partial charge in [0, 0.05) is 7.05 Å². The zero-order chi connectivity index (χ0) is 19.1. The van der Waals surface area contributed by atoms with Crippen LogP contribution >= 0.6 is 12.2 Å². The molecule has 0 atom stereocenters. The van der Waals surface area contributed by atoms with Crippen LogP contribution in [0, 0.1) is 10.5 Å². The summed E-state index contributed by atoms with van der Waals surface area (Å²) in [4.78, 5) is 34.4. The van der Waals surface area contributed by atoms with Crippen LogP contribution in [0.25, 0.3) is 0 Å². The molecule has 0 saturated carbocycles. The lowest BCUT2D eigenvalue weighted by molar-refractivity contribution is -0.113. The van der Waals surface area contributed by atoms with Gasteiger partial charge < -0.3 is 19.9 Å². The quantitative estimate of drug-likeness (QED) is 0.415. The first kappa shape index (κ1) is 19.0. The van der Waals surface area contributed by atoms with E-state index < -0.39 is 17.8 Å². The van der Waals surface area contributed by atoms with Gasteiger partial charge in [-0.1, -0.05) is 29.5 Å². The highest BCUT2D eigenvalue weighted by Crippen LogP contribution is 2.26. The van der Waals surface area contributed by atoms with Crippen molar-refractivity contribution >= 4 is 29.9 Å². The lowest BCUT2D eigenvalue weighted by Crippen LogP contribution is -2.41. The largest absolute Gasteiger partial charge is 0.437 e.